The van der Waals surface area contributed by atoms with Crippen molar-refractivity contribution in [1.82, 2.24) is 4.90 Å². The van der Waals surface area contributed by atoms with Gasteiger partial charge in [-0.1, -0.05) is 24.3 Å². The van der Waals surface area contributed by atoms with E-state index in [0.717, 1.165) is 16.1 Å². The number of likely N-dealkylation sites (N-methyl/N-ethyl adjacent to an activating group) is 1. The number of anilines is 1. The highest BCUT2D eigenvalue weighted by molar-refractivity contribution is 7.99. The summed E-state index contributed by atoms with van der Waals surface area (Å²) in [5.74, 6) is -1.45. The van der Waals surface area contributed by atoms with Crippen molar-refractivity contribution < 1.29 is 19.1 Å². The number of hydrogen-bond acceptors (Lipinski definition) is 6. The molecule has 0 saturated heterocycles. The lowest BCUT2D eigenvalue weighted by molar-refractivity contribution is -0.137. The van der Waals surface area contributed by atoms with Gasteiger partial charge in [-0.2, -0.15) is 0 Å². The second-order valence-corrected chi connectivity index (χ2v) is 8.25. The number of Topliss-reactive ketones (excluding diaryl/α,β-unsaturated/α-hetero) is 1. The Morgan fingerprint density at radius 3 is 2.48 bits per heavy atom. The molecule has 152 valence electrons. The molecule has 3 rings (SSSR count). The SMILES string of the molecule is COc1ccc(C2Sc3ccccc3N(CCN(C)C)C(=O)C2C(=O)C=O)cc1. The largest absolute Gasteiger partial charge is 0.497 e. The molecule has 1 heterocycles. The summed E-state index contributed by atoms with van der Waals surface area (Å²) in [6.45, 7) is 1.07. The number of ether oxygens (including phenoxy) is 1. The Hall–Kier alpha value is -2.64. The first-order chi connectivity index (χ1) is 14.0. The monoisotopic (exact) mass is 412 g/mol. The molecule has 2 atom stereocenters. The van der Waals surface area contributed by atoms with Crippen LogP contribution in [0.5, 0.6) is 5.75 Å². The fraction of sp³-hybridized carbons (Fsp3) is 0.318. The zero-order valence-electron chi connectivity index (χ0n) is 16.7. The lowest BCUT2D eigenvalue weighted by atomic mass is 9.93. The van der Waals surface area contributed by atoms with Crippen LogP contribution in [0, 0.1) is 5.92 Å². The molecule has 0 bridgehead atoms. The van der Waals surface area contributed by atoms with E-state index >= 15 is 0 Å². The quantitative estimate of drug-likeness (QED) is 0.396. The number of carbonyl (C=O) groups is 3. The predicted octanol–water partition coefficient (Wildman–Crippen LogP) is 2.82. The average Bonchev–Trinajstić information content (AvgIpc) is 2.85. The summed E-state index contributed by atoms with van der Waals surface area (Å²) in [7, 11) is 5.44. The van der Waals surface area contributed by atoms with Crippen LogP contribution >= 0.6 is 11.8 Å². The van der Waals surface area contributed by atoms with E-state index in [1.54, 1.807) is 24.1 Å². The molecule has 0 fully saturated rings. The van der Waals surface area contributed by atoms with Crippen molar-refractivity contribution in [3.63, 3.8) is 0 Å². The molecule has 2 aromatic rings. The lowest BCUT2D eigenvalue weighted by Crippen LogP contribution is -2.43. The number of ketones is 1. The maximum Gasteiger partial charge on any atom is 0.239 e. The van der Waals surface area contributed by atoms with Crippen molar-refractivity contribution in [2.45, 2.75) is 10.1 Å². The van der Waals surface area contributed by atoms with Crippen molar-refractivity contribution in [3.05, 3.63) is 54.1 Å². The number of nitrogens with zero attached hydrogens (tertiary/aromatic N) is 2. The number of rotatable bonds is 7. The van der Waals surface area contributed by atoms with Crippen LogP contribution < -0.4 is 9.64 Å². The number of aldehydes is 1. The van der Waals surface area contributed by atoms with Crippen LogP contribution in [0.1, 0.15) is 10.8 Å². The summed E-state index contributed by atoms with van der Waals surface area (Å²) >= 11 is 1.44. The maximum absolute atomic E-state index is 13.5. The van der Waals surface area contributed by atoms with E-state index in [-0.39, 0.29) is 12.2 Å². The summed E-state index contributed by atoms with van der Waals surface area (Å²) in [6.07, 6.45) is 0.264. The van der Waals surface area contributed by atoms with Gasteiger partial charge in [0.1, 0.15) is 11.7 Å². The van der Waals surface area contributed by atoms with Crippen LogP contribution in [0.2, 0.25) is 0 Å². The number of amides is 1. The van der Waals surface area contributed by atoms with Crippen LogP contribution in [-0.2, 0) is 14.4 Å². The molecule has 0 spiro atoms. The van der Waals surface area contributed by atoms with Gasteiger partial charge in [0, 0.05) is 18.0 Å². The second kappa shape index (κ2) is 9.24. The molecule has 2 aromatic carbocycles. The highest BCUT2D eigenvalue weighted by Gasteiger charge is 2.42. The molecule has 1 amide bonds. The Kier molecular flexibility index (Phi) is 6.71. The third-order valence-corrected chi connectivity index (χ3v) is 6.28. The number of fused-ring (bicyclic) bond motifs is 1. The molecule has 0 aliphatic carbocycles. The second-order valence-electron chi connectivity index (χ2n) is 7.07. The Balaban J connectivity index is 2.10. The Bertz CT molecular complexity index is 898. The number of para-hydroxylation sites is 1. The fourth-order valence-corrected chi connectivity index (χ4v) is 4.74. The van der Waals surface area contributed by atoms with Gasteiger partial charge >= 0.3 is 0 Å². The summed E-state index contributed by atoms with van der Waals surface area (Å²) in [5, 5.41) is -0.503. The van der Waals surface area contributed by atoms with Gasteiger partial charge in [0.05, 0.1) is 18.0 Å². The number of carbonyl (C=O) groups excluding carboxylic acids is 3. The van der Waals surface area contributed by atoms with Crippen LogP contribution in [0.15, 0.2) is 53.4 Å². The van der Waals surface area contributed by atoms with Crippen molar-refractivity contribution in [2.75, 3.05) is 39.2 Å². The van der Waals surface area contributed by atoms with E-state index in [2.05, 4.69) is 0 Å². The van der Waals surface area contributed by atoms with Gasteiger partial charge in [-0.3, -0.25) is 14.4 Å². The first-order valence-electron chi connectivity index (χ1n) is 9.31. The highest BCUT2D eigenvalue weighted by atomic mass is 32.2. The van der Waals surface area contributed by atoms with Crippen molar-refractivity contribution in [2.24, 2.45) is 5.92 Å². The number of thioether (sulfide) groups is 1. The van der Waals surface area contributed by atoms with Crippen LogP contribution in [0.3, 0.4) is 0 Å². The molecule has 29 heavy (non-hydrogen) atoms. The summed E-state index contributed by atoms with van der Waals surface area (Å²) in [4.78, 5) is 42.1. The molecule has 0 saturated carbocycles. The normalized spacial score (nSPS) is 18.9. The van der Waals surface area contributed by atoms with Gasteiger partial charge in [0.15, 0.2) is 6.29 Å². The van der Waals surface area contributed by atoms with Gasteiger partial charge in [-0.15, -0.1) is 11.8 Å². The Morgan fingerprint density at radius 1 is 1.17 bits per heavy atom. The van der Waals surface area contributed by atoms with Crippen LogP contribution in [0.4, 0.5) is 5.69 Å². The van der Waals surface area contributed by atoms with Gasteiger partial charge in [0.2, 0.25) is 11.7 Å². The zero-order valence-corrected chi connectivity index (χ0v) is 17.5. The molecular weight excluding hydrogens is 388 g/mol. The predicted molar refractivity (Wildman–Crippen MR) is 114 cm³/mol. The minimum atomic E-state index is -1.08. The first kappa shape index (κ1) is 21.1. The minimum absolute atomic E-state index is 0.264. The Labute approximate surface area is 174 Å². The van der Waals surface area contributed by atoms with Crippen molar-refractivity contribution in [1.29, 1.82) is 0 Å². The molecular formula is C22H24N2O4S. The standard InChI is InChI=1S/C22H24N2O4S/c1-23(2)12-13-24-17-6-4-5-7-19(17)29-21(20(22(24)27)18(26)14-25)15-8-10-16(28-3)11-9-15/h4-11,14,20-21H,12-13H2,1-3H3. The summed E-state index contributed by atoms with van der Waals surface area (Å²) < 4.78 is 5.22. The summed E-state index contributed by atoms with van der Waals surface area (Å²) in [5.41, 5.74) is 1.57. The van der Waals surface area contributed by atoms with Gasteiger partial charge in [-0.25, -0.2) is 0 Å². The fourth-order valence-electron chi connectivity index (χ4n) is 3.33. The average molecular weight is 413 g/mol. The third-order valence-electron chi connectivity index (χ3n) is 4.88. The molecule has 0 N–H and O–H groups in total. The number of methoxy groups -OCH3 is 1. The van der Waals surface area contributed by atoms with E-state index in [4.69, 9.17) is 4.74 Å². The number of benzene rings is 2. The smallest absolute Gasteiger partial charge is 0.239 e. The van der Waals surface area contributed by atoms with E-state index in [9.17, 15) is 14.4 Å². The molecule has 1 aliphatic heterocycles. The van der Waals surface area contributed by atoms with Crippen LogP contribution in [0.25, 0.3) is 0 Å². The molecule has 0 radical (unpaired) electrons. The van der Waals surface area contributed by atoms with E-state index in [1.165, 1.54) is 11.8 Å². The highest BCUT2D eigenvalue weighted by Crippen LogP contribution is 2.48. The van der Waals surface area contributed by atoms with Gasteiger partial charge in [-0.05, 0) is 43.9 Å². The molecule has 6 nitrogen and oxygen atoms in total. The van der Waals surface area contributed by atoms with E-state index < -0.39 is 17.0 Å². The van der Waals surface area contributed by atoms with Gasteiger partial charge in [0.25, 0.3) is 0 Å². The maximum atomic E-state index is 13.5. The molecule has 1 aliphatic rings. The first-order valence-corrected chi connectivity index (χ1v) is 10.2. The van der Waals surface area contributed by atoms with Crippen LogP contribution in [-0.4, -0.2) is 57.2 Å². The lowest BCUT2D eigenvalue weighted by Gasteiger charge is -2.27. The third kappa shape index (κ3) is 4.52. The van der Waals surface area contributed by atoms with E-state index in [1.807, 2.05) is 55.4 Å². The van der Waals surface area contributed by atoms with Crippen molar-refractivity contribution >= 4 is 35.4 Å². The molecule has 2 unspecified atom stereocenters. The molecule has 7 heteroatoms. The zero-order chi connectivity index (χ0) is 21.0. The van der Waals surface area contributed by atoms with Crippen molar-refractivity contribution in [3.8, 4) is 5.75 Å². The van der Waals surface area contributed by atoms with Gasteiger partial charge < -0.3 is 14.5 Å². The molecule has 0 aromatic heterocycles. The van der Waals surface area contributed by atoms with E-state index in [0.29, 0.717) is 18.8 Å². The summed E-state index contributed by atoms with van der Waals surface area (Å²) in [6, 6.07) is 14.9. The minimum Gasteiger partial charge on any atom is -0.497 e. The topological polar surface area (TPSA) is 66.9 Å². The number of hydrogen-bond donors (Lipinski definition) is 0. The Morgan fingerprint density at radius 2 is 1.86 bits per heavy atom.